The molecule has 0 atom stereocenters. The lowest BCUT2D eigenvalue weighted by molar-refractivity contribution is 5.95. The topological polar surface area (TPSA) is 0 Å². The predicted molar refractivity (Wildman–Crippen MR) is 427 cm³/mol. The summed E-state index contributed by atoms with van der Waals surface area (Å²) in [6, 6.07) is 0. The summed E-state index contributed by atoms with van der Waals surface area (Å²) in [5.41, 5.74) is 0. The summed E-state index contributed by atoms with van der Waals surface area (Å²) in [5.74, 6) is 0. The minimum Gasteiger partial charge on any atom is 0 e. The molecule has 58 heavy (non-hydrogen) atoms. The number of rotatable bonds is 0. The van der Waals surface area contributed by atoms with Crippen LogP contribution in [0, 0.1) is 0 Å². The fraction of sp³-hybridized carbons (Fsp3) is 0. The Morgan fingerprint density at radius 2 is 0.138 bits per heavy atom. The fourth-order valence-corrected chi connectivity index (χ4v) is 149. The predicted octanol–water partition coefficient (Wildman–Crippen LogP) is -0.139. The van der Waals surface area contributed by atoms with Crippen LogP contribution in [0.4, 0.5) is 0 Å². The van der Waals surface area contributed by atoms with Gasteiger partial charge in [-0.25, -0.2) is 0 Å². The van der Waals surface area contributed by atoms with Crippen molar-refractivity contribution in [3.05, 3.63) is 0 Å². The highest BCUT2D eigenvalue weighted by atomic mass is 33.5. The maximum atomic E-state index is 4.82. The van der Waals surface area contributed by atoms with Crippen LogP contribution in [-0.2, 0) is 520 Å². The molecule has 0 radical (unpaired) electrons. The van der Waals surface area contributed by atoms with E-state index in [4.69, 9.17) is 22.4 Å². The van der Waals surface area contributed by atoms with Crippen molar-refractivity contribution in [2.45, 2.75) is 0 Å². The zero-order chi connectivity index (χ0) is 41.6. The van der Waals surface area contributed by atoms with E-state index in [9.17, 15) is 0 Å². The maximum Gasteiger partial charge on any atom is 0 e. The first-order valence-electron chi connectivity index (χ1n) is 9.50. The van der Waals surface area contributed by atoms with Gasteiger partial charge in [-0.05, 0) is 0 Å². The largest absolute Gasteiger partial charge is 0 e. The van der Waals surface area contributed by atoms with E-state index >= 15 is 0 Å². The second-order valence-corrected chi connectivity index (χ2v) is 103. The Bertz CT molecular complexity index is 3840. The van der Waals surface area contributed by atoms with Crippen LogP contribution in [0.1, 0.15) is 0 Å². The second kappa shape index (κ2) is 69.8. The van der Waals surface area contributed by atoms with Gasteiger partial charge in [-0.15, -0.1) is 0 Å². The lowest BCUT2D eigenvalue weighted by Gasteiger charge is -1.41. The molecule has 0 nitrogen and oxygen atoms in total. The Kier molecular flexibility index (Phi) is 85.1. The van der Waals surface area contributed by atoms with E-state index in [1.54, 1.807) is 107 Å². The van der Waals surface area contributed by atoms with Gasteiger partial charge in [-0.2, -0.15) is 0 Å². The first-order valence-corrected chi connectivity index (χ1v) is 85.5. The molecule has 0 aliphatic carbocycles. The normalized spacial score (nSPS) is 7.79. The minimum absolute atomic E-state index is 1.37. The molecule has 0 saturated carbocycles. The van der Waals surface area contributed by atoms with Gasteiger partial charge in [0.05, 0.1) is 0 Å². The van der Waals surface area contributed by atoms with Gasteiger partial charge in [0.15, 0.2) is 0 Å². The first-order chi connectivity index (χ1) is 28.9. The Morgan fingerprint density at radius 3 is 0.190 bits per heavy atom. The van der Waals surface area contributed by atoms with Crippen molar-refractivity contribution in [3.63, 3.8) is 0 Å². The molecule has 0 spiro atoms. The SMILES string of the molecule is S=S=S=S=S=S=S=S=S=S=S=S=S=S=S=S=S=S=S=S=S=S=S=S=S=S=S=S=S=S=S=S=S=S=S=S=S=S=S=S=S=S=S=S=S=S=S=S=S=S=S=S=S=S=S=S=S=S. The lowest BCUT2D eigenvalue weighted by atomic mass is 30.7. The molecule has 0 rings (SSSR count). The van der Waals surface area contributed by atoms with Gasteiger partial charge in [0.25, 0.3) is 0 Å². The van der Waals surface area contributed by atoms with E-state index in [1.165, 1.54) is 17.8 Å². The zero-order valence-electron chi connectivity index (χ0n) is 23.7. The molecule has 0 aromatic rings. The van der Waals surface area contributed by atoms with Crippen LogP contribution in [0.5, 0.6) is 0 Å². The molecule has 0 N–H and O–H groups in total. The zero-order valence-corrected chi connectivity index (χ0v) is 71.0. The third kappa shape index (κ3) is 68.8. The van der Waals surface area contributed by atoms with E-state index in [1.807, 2.05) is 373 Å². The molecule has 0 saturated heterocycles. The van der Waals surface area contributed by atoms with Crippen LogP contribution in [0.15, 0.2) is 0 Å². The summed E-state index contributed by atoms with van der Waals surface area (Å²) in [5, 5.41) is 0. The Balaban J connectivity index is 6.11. The number of hydrogen-bond acceptors (Lipinski definition) is 2. The van der Waals surface area contributed by atoms with Gasteiger partial charge in [0.2, 0.25) is 0 Å². The summed E-state index contributed by atoms with van der Waals surface area (Å²) in [4.78, 5) is 0. The Labute approximate surface area is 503 Å². The summed E-state index contributed by atoms with van der Waals surface area (Å²) in [6.45, 7) is 0. The number of hydrogen-bond donors (Lipinski definition) is 0. The summed E-state index contributed by atoms with van der Waals surface area (Å²) < 4.78 is 0. The van der Waals surface area contributed by atoms with Crippen molar-refractivity contribution < 1.29 is 0 Å². The molecule has 0 aromatic carbocycles. The van der Waals surface area contributed by atoms with E-state index < -0.39 is 0 Å². The van der Waals surface area contributed by atoms with Crippen LogP contribution in [-0.4, -0.2) is 0 Å². The van der Waals surface area contributed by atoms with Crippen molar-refractivity contribution in [3.8, 4) is 0 Å². The van der Waals surface area contributed by atoms with Crippen LogP contribution >= 0.6 is 0 Å². The molecule has 0 unspecified atom stereocenters. The van der Waals surface area contributed by atoms with Crippen molar-refractivity contribution in [2.24, 2.45) is 0 Å². The highest BCUT2D eigenvalue weighted by Crippen LogP contribution is 1.46. The highest BCUT2D eigenvalue weighted by Gasteiger charge is 1.46. The van der Waals surface area contributed by atoms with Crippen LogP contribution in [0.25, 0.3) is 0 Å². The third-order valence-electron chi connectivity index (χ3n) is 1.53. The van der Waals surface area contributed by atoms with Crippen LogP contribution in [0.2, 0.25) is 0 Å². The summed E-state index contributed by atoms with van der Waals surface area (Å²) in [6.07, 6.45) is 0. The van der Waals surface area contributed by atoms with Gasteiger partial charge >= 0.3 is 0 Å². The van der Waals surface area contributed by atoms with Gasteiger partial charge in [-0.3, -0.25) is 0 Å². The molecule has 0 aromatic heterocycles. The first kappa shape index (κ1) is 70.8. The van der Waals surface area contributed by atoms with Crippen LogP contribution < -0.4 is 0 Å². The molecule has 348 valence electrons. The molecule has 0 amide bonds. The molecule has 0 aliphatic rings. The maximum absolute atomic E-state index is 4.82. The summed E-state index contributed by atoms with van der Waals surface area (Å²) >= 11 is 9.63. The van der Waals surface area contributed by atoms with Crippen molar-refractivity contribution in [2.75, 3.05) is 0 Å². The average molecular weight is 1860 g/mol. The van der Waals surface area contributed by atoms with Crippen molar-refractivity contribution >= 4 is 520 Å². The molecule has 0 bridgehead atoms. The Morgan fingerprint density at radius 1 is 0.0862 bits per heavy atom. The van der Waals surface area contributed by atoms with E-state index in [-0.39, 0.29) is 0 Å². The minimum atomic E-state index is 1.37. The van der Waals surface area contributed by atoms with Gasteiger partial charge in [0.1, 0.15) is 0 Å². The van der Waals surface area contributed by atoms with Gasteiger partial charge < -0.3 is 0 Å². The molecular weight excluding hydrogens is 1860 g/mol. The molecule has 0 heterocycles. The molecule has 58 heteroatoms. The highest BCUT2D eigenvalue weighted by molar-refractivity contribution is 8.83. The molecular formula is S58. The van der Waals surface area contributed by atoms with Crippen LogP contribution in [0.3, 0.4) is 0 Å². The van der Waals surface area contributed by atoms with Gasteiger partial charge in [-0.1, -0.05) is 0 Å². The fourth-order valence-electron chi connectivity index (χ4n) is 0.612. The smallest absolute Gasteiger partial charge is 0 e. The van der Waals surface area contributed by atoms with E-state index in [0.717, 1.165) is 0 Å². The van der Waals surface area contributed by atoms with E-state index in [0.29, 0.717) is 0 Å². The Hall–Kier alpha value is 12.8. The van der Waals surface area contributed by atoms with Crippen molar-refractivity contribution in [1.82, 2.24) is 0 Å². The average Bonchev–Trinajstić information content (AvgIpc) is 3.23. The monoisotopic (exact) mass is 1850 g/mol. The van der Waals surface area contributed by atoms with Gasteiger partial charge in [0, 0.05) is 520 Å². The standard InChI is InChI=1S/S58/c1-3-5-7-9-11-13-15-17-19-21-23-25-27-29-31-33-35-37-39-41-43-45-47-49-51-53-55-57-58-56-54-52-50-48-46-44-42-40-38-36-34-32-30-28-26-24-22-20-18-16-14-12-10-8-6-4-2. The molecule has 0 aliphatic heterocycles. The third-order valence-corrected chi connectivity index (χ3v) is 124. The molecule has 0 fully saturated rings. The van der Waals surface area contributed by atoms with E-state index in [2.05, 4.69) is 0 Å². The van der Waals surface area contributed by atoms with Crippen molar-refractivity contribution in [1.29, 1.82) is 0 Å². The second-order valence-electron chi connectivity index (χ2n) is 3.81. The quantitative estimate of drug-likeness (QED) is 0.332. The lowest BCUT2D eigenvalue weighted by Crippen LogP contribution is -1.41. The summed E-state index contributed by atoms with van der Waals surface area (Å²) in [7, 11) is 100.